The highest BCUT2D eigenvalue weighted by Crippen LogP contribution is 2.22. The van der Waals surface area contributed by atoms with Crippen molar-refractivity contribution in [1.29, 1.82) is 0 Å². The molecule has 0 bridgehead atoms. The Bertz CT molecular complexity index is 492. The number of anilines is 1. The van der Waals surface area contributed by atoms with Crippen LogP contribution in [0.2, 0.25) is 0 Å². The smallest absolute Gasteiger partial charge is 0.224 e. The van der Waals surface area contributed by atoms with Gasteiger partial charge in [-0.05, 0) is 31.2 Å². The van der Waals surface area contributed by atoms with Crippen molar-refractivity contribution in [2.75, 3.05) is 11.9 Å². The number of hydrogen-bond acceptors (Lipinski definition) is 2. The number of halogens is 3. The van der Waals surface area contributed by atoms with Crippen molar-refractivity contribution >= 4 is 11.6 Å². The first kappa shape index (κ1) is 17.5. The van der Waals surface area contributed by atoms with Crippen molar-refractivity contribution in [3.8, 4) is 0 Å². The molecule has 118 valence electrons. The van der Waals surface area contributed by atoms with Crippen LogP contribution in [0.15, 0.2) is 12.1 Å². The van der Waals surface area contributed by atoms with Crippen molar-refractivity contribution in [3.05, 3.63) is 29.6 Å². The van der Waals surface area contributed by atoms with Crippen molar-refractivity contribution in [3.63, 3.8) is 0 Å². The maximum Gasteiger partial charge on any atom is 0.224 e. The Hall–Kier alpha value is -1.56. The van der Waals surface area contributed by atoms with Crippen molar-refractivity contribution < 1.29 is 18.0 Å². The standard InChI is InChI=1S/C15H21F3N2O/c1-9(2)10(5-6-19)3-4-15(21)20-14-8-12(17)11(16)7-13(14)18/h7-10H,3-6,19H2,1-2H3,(H,20,21). The predicted octanol–water partition coefficient (Wildman–Crippen LogP) is 3.44. The van der Waals surface area contributed by atoms with Gasteiger partial charge in [-0.3, -0.25) is 4.79 Å². The summed E-state index contributed by atoms with van der Waals surface area (Å²) < 4.78 is 39.2. The second-order valence-corrected chi connectivity index (χ2v) is 5.41. The molecule has 21 heavy (non-hydrogen) atoms. The van der Waals surface area contributed by atoms with Crippen LogP contribution in [-0.2, 0) is 4.79 Å². The van der Waals surface area contributed by atoms with Gasteiger partial charge in [0.15, 0.2) is 11.6 Å². The molecule has 1 atom stereocenters. The molecule has 1 aromatic carbocycles. The summed E-state index contributed by atoms with van der Waals surface area (Å²) in [5.41, 5.74) is 5.17. The van der Waals surface area contributed by atoms with E-state index in [9.17, 15) is 18.0 Å². The lowest BCUT2D eigenvalue weighted by Crippen LogP contribution is -2.19. The second-order valence-electron chi connectivity index (χ2n) is 5.41. The summed E-state index contributed by atoms with van der Waals surface area (Å²) in [5, 5.41) is 2.26. The number of nitrogens with two attached hydrogens (primary N) is 1. The maximum atomic E-state index is 13.4. The molecule has 0 fully saturated rings. The lowest BCUT2D eigenvalue weighted by molar-refractivity contribution is -0.116. The van der Waals surface area contributed by atoms with E-state index in [1.54, 1.807) is 0 Å². The van der Waals surface area contributed by atoms with E-state index < -0.39 is 23.4 Å². The summed E-state index contributed by atoms with van der Waals surface area (Å²) in [5.74, 6) is -3.22. The summed E-state index contributed by atoms with van der Waals surface area (Å²) in [6, 6.07) is 1.05. The van der Waals surface area contributed by atoms with Crippen molar-refractivity contribution in [2.24, 2.45) is 17.6 Å². The lowest BCUT2D eigenvalue weighted by atomic mass is 9.88. The van der Waals surface area contributed by atoms with Crippen LogP contribution in [0.3, 0.4) is 0 Å². The van der Waals surface area contributed by atoms with E-state index >= 15 is 0 Å². The molecular weight excluding hydrogens is 281 g/mol. The molecule has 0 aliphatic rings. The molecule has 0 saturated heterocycles. The van der Waals surface area contributed by atoms with E-state index in [-0.39, 0.29) is 12.1 Å². The molecule has 0 aliphatic heterocycles. The first-order chi connectivity index (χ1) is 9.85. The minimum absolute atomic E-state index is 0.182. The molecule has 1 aromatic rings. The SMILES string of the molecule is CC(C)C(CCN)CCC(=O)Nc1cc(F)c(F)cc1F. The van der Waals surface area contributed by atoms with E-state index in [4.69, 9.17) is 5.73 Å². The molecule has 0 heterocycles. The van der Waals surface area contributed by atoms with Crippen LogP contribution in [0.25, 0.3) is 0 Å². The summed E-state index contributed by atoms with van der Waals surface area (Å²) in [6.45, 7) is 4.64. The van der Waals surface area contributed by atoms with Gasteiger partial charge in [0, 0.05) is 18.6 Å². The molecule has 0 spiro atoms. The Balaban J connectivity index is 2.60. The molecule has 0 radical (unpaired) electrons. The first-order valence-corrected chi connectivity index (χ1v) is 6.99. The quantitative estimate of drug-likeness (QED) is 0.758. The fraction of sp³-hybridized carbons (Fsp3) is 0.533. The van der Waals surface area contributed by atoms with E-state index in [0.29, 0.717) is 36.9 Å². The number of carbonyl (C=O) groups excluding carboxylic acids is 1. The van der Waals surface area contributed by atoms with Gasteiger partial charge < -0.3 is 11.1 Å². The topological polar surface area (TPSA) is 55.1 Å². The van der Waals surface area contributed by atoms with Crippen molar-refractivity contribution in [2.45, 2.75) is 33.1 Å². The average Bonchev–Trinajstić information content (AvgIpc) is 2.40. The Morgan fingerprint density at radius 2 is 1.76 bits per heavy atom. The summed E-state index contributed by atoms with van der Waals surface area (Å²) in [7, 11) is 0. The average molecular weight is 302 g/mol. The number of rotatable bonds is 7. The molecule has 0 aliphatic carbocycles. The highest BCUT2D eigenvalue weighted by atomic mass is 19.2. The van der Waals surface area contributed by atoms with Crippen LogP contribution in [0.4, 0.5) is 18.9 Å². The molecule has 0 aromatic heterocycles. The van der Waals surface area contributed by atoms with Gasteiger partial charge in [0.1, 0.15) is 5.82 Å². The highest BCUT2D eigenvalue weighted by molar-refractivity contribution is 5.90. The van der Waals surface area contributed by atoms with Crippen LogP contribution in [0, 0.1) is 29.3 Å². The largest absolute Gasteiger partial charge is 0.330 e. The molecule has 1 amide bonds. The van der Waals surface area contributed by atoms with Gasteiger partial charge in [0.2, 0.25) is 5.91 Å². The second kappa shape index (κ2) is 8.02. The van der Waals surface area contributed by atoms with E-state index in [1.807, 2.05) is 13.8 Å². The molecule has 1 rings (SSSR count). The van der Waals surface area contributed by atoms with Gasteiger partial charge in [0.05, 0.1) is 5.69 Å². The molecule has 0 saturated carbocycles. The summed E-state index contributed by atoms with van der Waals surface area (Å²) >= 11 is 0. The fourth-order valence-corrected chi connectivity index (χ4v) is 2.17. The molecule has 1 unspecified atom stereocenters. The third-order valence-electron chi connectivity index (χ3n) is 3.51. The monoisotopic (exact) mass is 302 g/mol. The third-order valence-corrected chi connectivity index (χ3v) is 3.51. The zero-order valence-electron chi connectivity index (χ0n) is 12.3. The molecule has 3 N–H and O–H groups in total. The number of amides is 1. The summed E-state index contributed by atoms with van der Waals surface area (Å²) in [4.78, 5) is 11.8. The number of hydrogen-bond donors (Lipinski definition) is 2. The van der Waals surface area contributed by atoms with Gasteiger partial charge in [-0.1, -0.05) is 13.8 Å². The highest BCUT2D eigenvalue weighted by Gasteiger charge is 2.16. The molecular formula is C15H21F3N2O. The van der Waals surface area contributed by atoms with E-state index in [1.165, 1.54) is 0 Å². The van der Waals surface area contributed by atoms with Gasteiger partial charge in [0.25, 0.3) is 0 Å². The van der Waals surface area contributed by atoms with Crippen LogP contribution >= 0.6 is 0 Å². The Labute approximate surface area is 122 Å². The van der Waals surface area contributed by atoms with Crippen LogP contribution in [0.5, 0.6) is 0 Å². The van der Waals surface area contributed by atoms with Gasteiger partial charge in [-0.15, -0.1) is 0 Å². The number of nitrogens with one attached hydrogen (secondary N) is 1. The molecule has 6 heteroatoms. The Morgan fingerprint density at radius 3 is 2.33 bits per heavy atom. The first-order valence-electron chi connectivity index (χ1n) is 6.99. The molecule has 3 nitrogen and oxygen atoms in total. The van der Waals surface area contributed by atoms with Crippen LogP contribution in [0.1, 0.15) is 33.1 Å². The normalized spacial score (nSPS) is 12.5. The number of carbonyl (C=O) groups is 1. The van der Waals surface area contributed by atoms with Gasteiger partial charge in [-0.2, -0.15) is 0 Å². The number of benzene rings is 1. The summed E-state index contributed by atoms with van der Waals surface area (Å²) in [6.07, 6.45) is 1.61. The maximum absolute atomic E-state index is 13.4. The zero-order chi connectivity index (χ0) is 16.0. The minimum Gasteiger partial charge on any atom is -0.330 e. The zero-order valence-corrected chi connectivity index (χ0v) is 12.3. The van der Waals surface area contributed by atoms with Gasteiger partial charge in [-0.25, -0.2) is 13.2 Å². The predicted molar refractivity (Wildman–Crippen MR) is 76.2 cm³/mol. The van der Waals surface area contributed by atoms with Gasteiger partial charge >= 0.3 is 0 Å². The Kier molecular flexibility index (Phi) is 6.68. The minimum atomic E-state index is -1.28. The van der Waals surface area contributed by atoms with Crippen molar-refractivity contribution in [1.82, 2.24) is 0 Å². The fourth-order valence-electron chi connectivity index (χ4n) is 2.17. The lowest BCUT2D eigenvalue weighted by Gasteiger charge is -2.19. The van der Waals surface area contributed by atoms with Crippen LogP contribution in [-0.4, -0.2) is 12.5 Å². The van der Waals surface area contributed by atoms with Crippen LogP contribution < -0.4 is 11.1 Å². The van der Waals surface area contributed by atoms with E-state index in [0.717, 1.165) is 6.42 Å². The third kappa shape index (κ3) is 5.38. The van der Waals surface area contributed by atoms with E-state index in [2.05, 4.69) is 5.32 Å². The Morgan fingerprint density at radius 1 is 1.14 bits per heavy atom.